The van der Waals surface area contributed by atoms with Crippen LogP contribution in [0.4, 0.5) is 4.39 Å². The van der Waals surface area contributed by atoms with Gasteiger partial charge >= 0.3 is 0 Å². The molecular formula is C21H27FO3. The number of hydrogen-bond donors (Lipinski definition) is 1. The van der Waals surface area contributed by atoms with E-state index in [0.717, 1.165) is 5.57 Å². The van der Waals surface area contributed by atoms with Gasteiger partial charge in [-0.1, -0.05) is 18.6 Å². The zero-order valence-corrected chi connectivity index (χ0v) is 15.3. The van der Waals surface area contributed by atoms with Crippen molar-refractivity contribution >= 4 is 11.6 Å². The van der Waals surface area contributed by atoms with Crippen LogP contribution < -0.4 is 0 Å². The van der Waals surface area contributed by atoms with E-state index in [9.17, 15) is 14.7 Å². The van der Waals surface area contributed by atoms with Crippen LogP contribution in [-0.4, -0.2) is 27.9 Å². The van der Waals surface area contributed by atoms with Crippen LogP contribution >= 0.6 is 0 Å². The number of aliphatic hydroxyl groups is 1. The molecule has 136 valence electrons. The number of allylic oxidation sites excluding steroid dienone is 4. The van der Waals surface area contributed by atoms with Gasteiger partial charge in [-0.25, -0.2) is 4.39 Å². The number of rotatable bonds is 1. The van der Waals surface area contributed by atoms with Crippen LogP contribution in [0.1, 0.15) is 59.3 Å². The zero-order valence-electron chi connectivity index (χ0n) is 15.3. The van der Waals surface area contributed by atoms with Gasteiger partial charge in [-0.05, 0) is 76.4 Å². The number of hydrogen-bond acceptors (Lipinski definition) is 3. The predicted octanol–water partition coefficient (Wildman–Crippen LogP) is 3.71. The molecule has 0 aliphatic heterocycles. The number of fused-ring (bicyclic) bond motifs is 5. The maximum Gasteiger partial charge on any atom is 0.178 e. The van der Waals surface area contributed by atoms with Crippen molar-refractivity contribution < 1.29 is 19.1 Å². The second kappa shape index (κ2) is 4.91. The van der Waals surface area contributed by atoms with Crippen molar-refractivity contribution in [1.29, 1.82) is 0 Å². The van der Waals surface area contributed by atoms with Crippen LogP contribution in [0.3, 0.4) is 0 Å². The van der Waals surface area contributed by atoms with Crippen molar-refractivity contribution in [2.24, 2.45) is 22.7 Å². The van der Waals surface area contributed by atoms with Crippen LogP contribution in [0.25, 0.3) is 0 Å². The van der Waals surface area contributed by atoms with E-state index in [-0.39, 0.29) is 23.4 Å². The average molecular weight is 346 g/mol. The first-order valence-corrected chi connectivity index (χ1v) is 9.45. The molecule has 4 aliphatic rings. The molecule has 4 heteroatoms. The maximum atomic E-state index is 16.6. The fraction of sp³-hybridized carbons (Fsp3) is 0.714. The SMILES string of the molecule is CC(=O)C1(O)CCC2C3CCC4=CC(=O)C=CC4(C)C3(F)CCC21C. The lowest BCUT2D eigenvalue weighted by atomic mass is 9.45. The molecule has 6 unspecified atom stereocenters. The van der Waals surface area contributed by atoms with E-state index >= 15 is 4.39 Å². The number of carbonyl (C=O) groups excluding carboxylic acids is 2. The van der Waals surface area contributed by atoms with E-state index in [2.05, 4.69) is 0 Å². The summed E-state index contributed by atoms with van der Waals surface area (Å²) in [6.07, 6.45) is 8.25. The average Bonchev–Trinajstić information content (AvgIpc) is 2.83. The Morgan fingerprint density at radius 2 is 1.92 bits per heavy atom. The Hall–Kier alpha value is -1.29. The van der Waals surface area contributed by atoms with Crippen LogP contribution in [-0.2, 0) is 9.59 Å². The molecule has 0 radical (unpaired) electrons. The Morgan fingerprint density at radius 3 is 2.60 bits per heavy atom. The summed E-state index contributed by atoms with van der Waals surface area (Å²) in [7, 11) is 0. The second-order valence-electron chi connectivity index (χ2n) is 9.09. The summed E-state index contributed by atoms with van der Waals surface area (Å²) < 4.78 is 16.6. The number of carbonyl (C=O) groups is 2. The molecule has 4 aliphatic carbocycles. The van der Waals surface area contributed by atoms with Gasteiger partial charge in [0.1, 0.15) is 11.3 Å². The molecule has 0 aromatic rings. The molecule has 25 heavy (non-hydrogen) atoms. The Labute approximate surface area is 148 Å². The summed E-state index contributed by atoms with van der Waals surface area (Å²) in [4.78, 5) is 24.0. The molecule has 0 spiro atoms. The third-order valence-corrected chi connectivity index (χ3v) is 8.40. The molecule has 6 atom stereocenters. The monoisotopic (exact) mass is 346 g/mol. The first-order valence-electron chi connectivity index (χ1n) is 9.45. The van der Waals surface area contributed by atoms with E-state index in [1.54, 1.807) is 12.2 Å². The van der Waals surface area contributed by atoms with Gasteiger partial charge in [0.2, 0.25) is 0 Å². The smallest absolute Gasteiger partial charge is 0.178 e. The van der Waals surface area contributed by atoms with Crippen LogP contribution in [0.2, 0.25) is 0 Å². The van der Waals surface area contributed by atoms with Crippen molar-refractivity contribution in [3.8, 4) is 0 Å². The molecule has 0 heterocycles. The molecular weight excluding hydrogens is 319 g/mol. The summed E-state index contributed by atoms with van der Waals surface area (Å²) in [5.74, 6) is -0.416. The van der Waals surface area contributed by atoms with Gasteiger partial charge in [-0.2, -0.15) is 0 Å². The Morgan fingerprint density at radius 1 is 1.20 bits per heavy atom. The number of halogens is 1. The highest BCUT2D eigenvalue weighted by atomic mass is 19.1. The van der Waals surface area contributed by atoms with E-state index in [4.69, 9.17) is 0 Å². The van der Waals surface area contributed by atoms with Gasteiger partial charge in [0.05, 0.1) is 0 Å². The molecule has 0 aromatic heterocycles. The summed E-state index contributed by atoms with van der Waals surface area (Å²) in [6.45, 7) is 5.37. The lowest BCUT2D eigenvalue weighted by Gasteiger charge is -2.60. The molecule has 0 bridgehead atoms. The van der Waals surface area contributed by atoms with Crippen molar-refractivity contribution in [3.05, 3.63) is 23.8 Å². The molecule has 3 saturated carbocycles. The number of alkyl halides is 1. The number of Topliss-reactive ketones (excluding diaryl/α,β-unsaturated/α-hetero) is 1. The van der Waals surface area contributed by atoms with E-state index < -0.39 is 22.1 Å². The zero-order chi connectivity index (χ0) is 18.3. The van der Waals surface area contributed by atoms with E-state index in [1.807, 2.05) is 13.8 Å². The topological polar surface area (TPSA) is 54.4 Å². The predicted molar refractivity (Wildman–Crippen MR) is 92.6 cm³/mol. The summed E-state index contributed by atoms with van der Waals surface area (Å²) in [6, 6.07) is 0. The molecule has 4 rings (SSSR count). The van der Waals surface area contributed by atoms with Crippen LogP contribution in [0.15, 0.2) is 23.8 Å². The van der Waals surface area contributed by atoms with Gasteiger partial charge in [0.25, 0.3) is 0 Å². The van der Waals surface area contributed by atoms with Gasteiger partial charge in [0, 0.05) is 10.8 Å². The van der Waals surface area contributed by atoms with Crippen LogP contribution in [0, 0.1) is 22.7 Å². The highest BCUT2D eigenvalue weighted by Crippen LogP contribution is 2.69. The van der Waals surface area contributed by atoms with Crippen molar-refractivity contribution in [2.45, 2.75) is 70.6 Å². The molecule has 0 amide bonds. The van der Waals surface area contributed by atoms with Crippen LogP contribution in [0.5, 0.6) is 0 Å². The minimum Gasteiger partial charge on any atom is -0.382 e. The van der Waals surface area contributed by atoms with Crippen molar-refractivity contribution in [1.82, 2.24) is 0 Å². The fourth-order valence-electron chi connectivity index (χ4n) is 6.69. The summed E-state index contributed by atoms with van der Waals surface area (Å²) in [5.41, 5.74) is -3.14. The third kappa shape index (κ3) is 1.84. The van der Waals surface area contributed by atoms with Gasteiger partial charge < -0.3 is 5.11 Å². The van der Waals surface area contributed by atoms with Gasteiger partial charge in [-0.15, -0.1) is 0 Å². The molecule has 0 aromatic carbocycles. The summed E-state index contributed by atoms with van der Waals surface area (Å²) >= 11 is 0. The first kappa shape index (κ1) is 17.1. The highest BCUT2D eigenvalue weighted by Gasteiger charge is 2.70. The molecule has 3 nitrogen and oxygen atoms in total. The standard InChI is InChI=1S/C21H27FO3/c1-13(23)21(25)9-7-16-17-5-4-14-12-15(24)6-8-18(14,2)20(17,22)11-10-19(16,21)3/h6,8,12,16-17,25H,4-5,7,9-11H2,1-3H3. The lowest BCUT2D eigenvalue weighted by Crippen LogP contribution is -2.63. The largest absolute Gasteiger partial charge is 0.382 e. The lowest BCUT2D eigenvalue weighted by molar-refractivity contribution is -0.175. The fourth-order valence-corrected chi connectivity index (χ4v) is 6.69. The minimum absolute atomic E-state index is 0.00422. The minimum atomic E-state index is -1.42. The normalized spacial score (nSPS) is 51.4. The quantitative estimate of drug-likeness (QED) is 0.787. The Bertz CT molecular complexity index is 725. The second-order valence-corrected chi connectivity index (χ2v) is 9.09. The first-order chi connectivity index (χ1) is 11.6. The van der Waals surface area contributed by atoms with Crippen molar-refractivity contribution in [2.75, 3.05) is 0 Å². The number of ketones is 2. The van der Waals surface area contributed by atoms with Gasteiger partial charge in [0.15, 0.2) is 11.6 Å². The van der Waals surface area contributed by atoms with Crippen molar-refractivity contribution in [3.63, 3.8) is 0 Å². The van der Waals surface area contributed by atoms with E-state index in [0.29, 0.717) is 38.5 Å². The summed E-state index contributed by atoms with van der Waals surface area (Å²) in [5, 5.41) is 11.1. The highest BCUT2D eigenvalue weighted by molar-refractivity contribution is 6.01. The maximum absolute atomic E-state index is 16.6. The molecule has 0 saturated heterocycles. The molecule has 3 fully saturated rings. The Kier molecular flexibility index (Phi) is 3.36. The Balaban J connectivity index is 1.77. The van der Waals surface area contributed by atoms with E-state index in [1.165, 1.54) is 13.0 Å². The third-order valence-electron chi connectivity index (χ3n) is 8.40. The molecule has 1 N–H and O–H groups in total. The van der Waals surface area contributed by atoms with Gasteiger partial charge in [-0.3, -0.25) is 9.59 Å².